The molecule has 4 N–H and O–H groups in total. The van der Waals surface area contributed by atoms with E-state index in [0.717, 1.165) is 12.8 Å². The van der Waals surface area contributed by atoms with Gasteiger partial charge in [-0.25, -0.2) is 4.79 Å². The highest BCUT2D eigenvalue weighted by atomic mass is 16.2. The zero-order valence-electron chi connectivity index (χ0n) is 11.5. The van der Waals surface area contributed by atoms with Gasteiger partial charge < -0.3 is 11.1 Å². The molecule has 0 aromatic carbocycles. The van der Waals surface area contributed by atoms with E-state index in [4.69, 9.17) is 5.73 Å². The summed E-state index contributed by atoms with van der Waals surface area (Å²) in [5, 5.41) is 3.13. The van der Waals surface area contributed by atoms with Crippen molar-refractivity contribution in [2.24, 2.45) is 0 Å². The second-order valence-electron chi connectivity index (χ2n) is 5.02. The Hall–Kier alpha value is -1.72. The van der Waals surface area contributed by atoms with E-state index >= 15 is 0 Å². The largest absolute Gasteiger partial charge is 0.383 e. The minimum absolute atomic E-state index is 0.190. The maximum Gasteiger partial charge on any atom is 0.330 e. The van der Waals surface area contributed by atoms with E-state index < -0.39 is 11.2 Å². The van der Waals surface area contributed by atoms with E-state index in [9.17, 15) is 9.59 Å². The van der Waals surface area contributed by atoms with Crippen LogP contribution in [-0.4, -0.2) is 15.1 Å². The molecule has 1 heterocycles. The van der Waals surface area contributed by atoms with E-state index in [1.165, 1.54) is 4.57 Å². The van der Waals surface area contributed by atoms with Gasteiger partial charge in [-0.1, -0.05) is 13.3 Å². The Kier molecular flexibility index (Phi) is 4.21. The quantitative estimate of drug-likeness (QED) is 0.734. The van der Waals surface area contributed by atoms with Crippen molar-refractivity contribution < 1.29 is 0 Å². The lowest BCUT2D eigenvalue weighted by Crippen LogP contribution is -2.39. The summed E-state index contributed by atoms with van der Waals surface area (Å²) in [6.45, 7) is 8.29. The van der Waals surface area contributed by atoms with Gasteiger partial charge in [0.1, 0.15) is 11.5 Å². The first-order valence-corrected chi connectivity index (χ1v) is 6.23. The van der Waals surface area contributed by atoms with Crippen molar-refractivity contribution in [3.63, 3.8) is 0 Å². The van der Waals surface area contributed by atoms with Crippen molar-refractivity contribution in [1.29, 1.82) is 0 Å². The molecule has 0 amide bonds. The van der Waals surface area contributed by atoms with Crippen LogP contribution in [0.4, 0.5) is 11.5 Å². The van der Waals surface area contributed by atoms with Crippen molar-refractivity contribution in [3.8, 4) is 0 Å². The molecule has 0 spiro atoms. The highest BCUT2D eigenvalue weighted by Crippen LogP contribution is 2.20. The fourth-order valence-corrected chi connectivity index (χ4v) is 2.05. The van der Waals surface area contributed by atoms with Gasteiger partial charge >= 0.3 is 5.69 Å². The summed E-state index contributed by atoms with van der Waals surface area (Å²) in [5.74, 6) is 0.190. The lowest BCUT2D eigenvalue weighted by atomic mass is 9.99. The van der Waals surface area contributed by atoms with Gasteiger partial charge in [-0.3, -0.25) is 14.3 Å². The minimum atomic E-state index is -0.473. The van der Waals surface area contributed by atoms with Crippen molar-refractivity contribution in [1.82, 2.24) is 9.55 Å². The molecule has 0 bridgehead atoms. The van der Waals surface area contributed by atoms with Crippen LogP contribution in [0.3, 0.4) is 0 Å². The summed E-state index contributed by atoms with van der Waals surface area (Å²) in [7, 11) is 0. The first-order chi connectivity index (χ1) is 8.32. The molecule has 0 atom stereocenters. The average Bonchev–Trinajstić information content (AvgIpc) is 2.24. The number of rotatable bonds is 5. The van der Waals surface area contributed by atoms with E-state index in [1.807, 2.05) is 13.8 Å². The molecular formula is C12H22N4O2. The summed E-state index contributed by atoms with van der Waals surface area (Å²) >= 11 is 0. The Balaban J connectivity index is 3.26. The topological polar surface area (TPSA) is 92.9 Å². The zero-order valence-corrected chi connectivity index (χ0v) is 11.5. The van der Waals surface area contributed by atoms with Crippen LogP contribution >= 0.6 is 0 Å². The van der Waals surface area contributed by atoms with Gasteiger partial charge in [0.25, 0.3) is 5.56 Å². The fourth-order valence-electron chi connectivity index (χ4n) is 2.05. The van der Waals surface area contributed by atoms with E-state index in [0.29, 0.717) is 6.54 Å². The molecular weight excluding hydrogens is 232 g/mol. The SMILES string of the molecule is CCCC(C)(C)Nc1c(N)n(CC)c(=O)[nH]c1=O. The molecule has 0 aliphatic heterocycles. The van der Waals surface area contributed by atoms with E-state index in [-0.39, 0.29) is 17.0 Å². The van der Waals surface area contributed by atoms with Crippen LogP contribution in [0.25, 0.3) is 0 Å². The highest BCUT2D eigenvalue weighted by Gasteiger charge is 2.20. The molecule has 6 nitrogen and oxygen atoms in total. The number of anilines is 2. The standard InChI is InChI=1S/C12H22N4O2/c1-5-7-12(3,4)15-8-9(13)16(6-2)11(18)14-10(8)17/h15H,5-7,13H2,1-4H3,(H,14,17,18). The summed E-state index contributed by atoms with van der Waals surface area (Å²) in [5.41, 5.74) is 4.97. The average molecular weight is 254 g/mol. The number of aromatic nitrogens is 2. The summed E-state index contributed by atoms with van der Waals surface area (Å²) in [6.07, 6.45) is 1.89. The van der Waals surface area contributed by atoms with Crippen molar-refractivity contribution >= 4 is 11.5 Å². The Labute approximate surface area is 106 Å². The summed E-state index contributed by atoms with van der Waals surface area (Å²) in [6, 6.07) is 0. The van der Waals surface area contributed by atoms with Gasteiger partial charge in [-0.2, -0.15) is 0 Å². The molecule has 18 heavy (non-hydrogen) atoms. The third-order valence-corrected chi connectivity index (χ3v) is 2.89. The van der Waals surface area contributed by atoms with E-state index in [1.54, 1.807) is 6.92 Å². The van der Waals surface area contributed by atoms with Crippen molar-refractivity contribution in [3.05, 3.63) is 20.8 Å². The fraction of sp³-hybridized carbons (Fsp3) is 0.667. The Bertz CT molecular complexity index is 528. The second-order valence-corrected chi connectivity index (χ2v) is 5.02. The van der Waals surface area contributed by atoms with Gasteiger partial charge in [-0.05, 0) is 27.2 Å². The molecule has 0 saturated heterocycles. The normalized spacial score (nSPS) is 11.6. The Morgan fingerprint density at radius 2 is 1.94 bits per heavy atom. The third-order valence-electron chi connectivity index (χ3n) is 2.89. The molecule has 102 valence electrons. The maximum atomic E-state index is 11.8. The molecule has 0 fully saturated rings. The molecule has 1 rings (SSSR count). The molecule has 0 unspecified atom stereocenters. The Morgan fingerprint density at radius 1 is 1.33 bits per heavy atom. The second kappa shape index (κ2) is 5.29. The molecule has 0 aliphatic rings. The minimum Gasteiger partial charge on any atom is -0.383 e. The predicted octanol–water partition coefficient (Wildman–Crippen LogP) is 1.13. The van der Waals surface area contributed by atoms with Gasteiger partial charge in [0.2, 0.25) is 0 Å². The van der Waals surface area contributed by atoms with Crippen molar-refractivity contribution in [2.45, 2.75) is 52.6 Å². The molecule has 0 radical (unpaired) electrons. The third kappa shape index (κ3) is 2.94. The van der Waals surface area contributed by atoms with Gasteiger partial charge in [0.15, 0.2) is 0 Å². The number of nitrogen functional groups attached to an aromatic ring is 1. The smallest absolute Gasteiger partial charge is 0.330 e. The van der Waals surface area contributed by atoms with Crippen LogP contribution in [0.15, 0.2) is 9.59 Å². The van der Waals surface area contributed by atoms with Crippen LogP contribution in [0.2, 0.25) is 0 Å². The van der Waals surface area contributed by atoms with Gasteiger partial charge in [0.05, 0.1) is 0 Å². The lowest BCUT2D eigenvalue weighted by Gasteiger charge is -2.27. The Morgan fingerprint density at radius 3 is 2.44 bits per heavy atom. The molecule has 0 saturated carbocycles. The number of nitrogens with two attached hydrogens (primary N) is 1. The number of hydrogen-bond donors (Lipinski definition) is 3. The number of aromatic amines is 1. The van der Waals surface area contributed by atoms with Crippen LogP contribution in [0.1, 0.15) is 40.5 Å². The van der Waals surface area contributed by atoms with Crippen LogP contribution in [-0.2, 0) is 6.54 Å². The highest BCUT2D eigenvalue weighted by molar-refractivity contribution is 5.61. The lowest BCUT2D eigenvalue weighted by molar-refractivity contribution is 0.509. The molecule has 1 aromatic rings. The van der Waals surface area contributed by atoms with Crippen LogP contribution < -0.4 is 22.3 Å². The van der Waals surface area contributed by atoms with Crippen molar-refractivity contribution in [2.75, 3.05) is 11.1 Å². The first-order valence-electron chi connectivity index (χ1n) is 6.23. The van der Waals surface area contributed by atoms with Crippen LogP contribution in [0, 0.1) is 0 Å². The summed E-state index contributed by atoms with van der Waals surface area (Å²) in [4.78, 5) is 25.6. The zero-order chi connectivity index (χ0) is 13.9. The number of H-pyrrole nitrogens is 1. The first kappa shape index (κ1) is 14.3. The predicted molar refractivity (Wildman–Crippen MR) is 74.0 cm³/mol. The monoisotopic (exact) mass is 254 g/mol. The van der Waals surface area contributed by atoms with Gasteiger partial charge in [-0.15, -0.1) is 0 Å². The van der Waals surface area contributed by atoms with E-state index in [2.05, 4.69) is 17.2 Å². The number of nitrogens with one attached hydrogen (secondary N) is 2. The summed E-state index contributed by atoms with van der Waals surface area (Å²) < 4.78 is 1.34. The molecule has 0 aliphatic carbocycles. The maximum absolute atomic E-state index is 11.8. The number of nitrogens with zero attached hydrogens (tertiary/aromatic N) is 1. The molecule has 6 heteroatoms. The van der Waals surface area contributed by atoms with Gasteiger partial charge in [0, 0.05) is 12.1 Å². The van der Waals surface area contributed by atoms with Crippen LogP contribution in [0.5, 0.6) is 0 Å². The molecule has 1 aromatic heterocycles. The number of hydrogen-bond acceptors (Lipinski definition) is 4.